The fourth-order valence-corrected chi connectivity index (χ4v) is 12.6. The fourth-order valence-electron chi connectivity index (χ4n) is 10.3. The molecule has 0 spiro atoms. The Labute approximate surface area is 391 Å². The van der Waals surface area contributed by atoms with Crippen molar-refractivity contribution in [2.75, 3.05) is 39.8 Å². The second-order valence-corrected chi connectivity index (χ2v) is 22.3. The molecule has 6 heterocycles. The van der Waals surface area contributed by atoms with Crippen LogP contribution in [0.5, 0.6) is 11.5 Å². The van der Waals surface area contributed by atoms with Crippen LogP contribution in [0.4, 0.5) is 4.79 Å². The first kappa shape index (κ1) is 46.3. The Morgan fingerprint density at radius 2 is 1.74 bits per heavy atom. The lowest BCUT2D eigenvalue weighted by Crippen LogP contribution is -2.59. The molecule has 0 bridgehead atoms. The fraction of sp³-hybridized carbons (Fsp3) is 0.625. The number of thiazole rings is 1. The average molecular weight is 945 g/mol. The van der Waals surface area contributed by atoms with Gasteiger partial charge in [0.15, 0.2) is 0 Å². The Bertz CT molecular complexity index is 2480. The number of urea groups is 1. The number of nitrogens with one attached hydrogen (secondary N) is 3. The molecule has 5 amide bonds. The van der Waals surface area contributed by atoms with Gasteiger partial charge in [0.25, 0.3) is 5.91 Å². The number of aromatic nitrogens is 2. The number of hydrogen-bond acceptors (Lipinski definition) is 12. The van der Waals surface area contributed by atoms with Crippen molar-refractivity contribution in [2.45, 2.75) is 145 Å². The van der Waals surface area contributed by atoms with Crippen LogP contribution >= 0.6 is 11.3 Å². The van der Waals surface area contributed by atoms with E-state index in [0.717, 1.165) is 60.4 Å². The number of amides is 5. The van der Waals surface area contributed by atoms with Gasteiger partial charge in [-0.1, -0.05) is 38.8 Å². The number of piperidine rings is 1. The van der Waals surface area contributed by atoms with Crippen LogP contribution in [-0.4, -0.2) is 132 Å². The van der Waals surface area contributed by atoms with Crippen LogP contribution in [0.3, 0.4) is 0 Å². The normalized spacial score (nSPS) is 27.4. The highest BCUT2D eigenvalue weighted by atomic mass is 32.2. The molecule has 3 N–H and O–H groups in total. The SMILES string of the molecule is COc1ccc2c(O[C@@H]3C[C@H]4C(=O)N[C@]5(C(=O)NS(=O)(=O)C6CC6)C[C@H]5/C=C\CCCCC[C@H](NC(=O)N5CCC(N6CCCC6)CC5)C(=O)N4C3)cc(-c3nc(C(C)C)cs3)nc2c1C. The first-order valence-electron chi connectivity index (χ1n) is 24.0. The molecule has 2 aliphatic carbocycles. The molecule has 66 heavy (non-hydrogen) atoms. The molecule has 1 aromatic carbocycles. The van der Waals surface area contributed by atoms with Crippen molar-refractivity contribution >= 4 is 56.0 Å². The smallest absolute Gasteiger partial charge is 0.318 e. The molecule has 9 rings (SSSR count). The quantitative estimate of drug-likeness (QED) is 0.209. The molecule has 4 aliphatic heterocycles. The van der Waals surface area contributed by atoms with Gasteiger partial charge in [-0.3, -0.25) is 19.1 Å². The van der Waals surface area contributed by atoms with E-state index < -0.39 is 62.6 Å². The lowest BCUT2D eigenvalue weighted by atomic mass is 10.0. The van der Waals surface area contributed by atoms with Gasteiger partial charge in [-0.15, -0.1) is 11.3 Å². The summed E-state index contributed by atoms with van der Waals surface area (Å²) in [6, 6.07) is 3.75. The van der Waals surface area contributed by atoms with E-state index in [9.17, 15) is 22.8 Å². The molecule has 2 aromatic heterocycles. The van der Waals surface area contributed by atoms with Crippen molar-refractivity contribution in [1.29, 1.82) is 0 Å². The van der Waals surface area contributed by atoms with Gasteiger partial charge in [0.05, 0.1) is 30.1 Å². The summed E-state index contributed by atoms with van der Waals surface area (Å²) in [5.41, 5.74) is 1.54. The molecular formula is C48H64N8O8S2. The zero-order chi connectivity index (χ0) is 46.3. The van der Waals surface area contributed by atoms with Crippen molar-refractivity contribution in [3.8, 4) is 22.2 Å². The minimum Gasteiger partial charge on any atom is -0.496 e. The number of carbonyl (C=O) groups excluding carboxylic acids is 4. The molecule has 0 unspecified atom stereocenters. The third-order valence-electron chi connectivity index (χ3n) is 14.5. The monoisotopic (exact) mass is 944 g/mol. The van der Waals surface area contributed by atoms with Crippen LogP contribution in [0.15, 0.2) is 35.7 Å². The summed E-state index contributed by atoms with van der Waals surface area (Å²) in [7, 11) is -2.30. The molecule has 3 saturated heterocycles. The van der Waals surface area contributed by atoms with E-state index in [4.69, 9.17) is 19.4 Å². The van der Waals surface area contributed by atoms with Gasteiger partial charge in [0, 0.05) is 53.9 Å². The molecule has 0 radical (unpaired) electrons. The zero-order valence-corrected chi connectivity index (χ0v) is 40.2. The van der Waals surface area contributed by atoms with Gasteiger partial charge >= 0.3 is 6.03 Å². The van der Waals surface area contributed by atoms with Crippen molar-refractivity contribution in [3.05, 3.63) is 47.0 Å². The molecule has 5 fully saturated rings. The molecule has 18 heteroatoms. The first-order chi connectivity index (χ1) is 31.7. The Kier molecular flexibility index (Phi) is 13.4. The van der Waals surface area contributed by atoms with Crippen LogP contribution in [0.25, 0.3) is 21.6 Å². The number of pyridine rings is 1. The van der Waals surface area contributed by atoms with E-state index >= 15 is 4.79 Å². The Balaban J connectivity index is 1.03. The number of sulfonamides is 1. The van der Waals surface area contributed by atoms with E-state index in [1.165, 1.54) is 29.1 Å². The van der Waals surface area contributed by atoms with E-state index in [1.807, 2.05) is 42.7 Å². The molecule has 5 atom stereocenters. The molecule has 16 nitrogen and oxygen atoms in total. The summed E-state index contributed by atoms with van der Waals surface area (Å²) < 4.78 is 41.0. The second kappa shape index (κ2) is 19.1. The van der Waals surface area contributed by atoms with Gasteiger partial charge in [0.1, 0.15) is 45.9 Å². The Hall–Kier alpha value is -4.81. The predicted molar refractivity (Wildman–Crippen MR) is 252 cm³/mol. The predicted octanol–water partition coefficient (Wildman–Crippen LogP) is 5.79. The summed E-state index contributed by atoms with van der Waals surface area (Å²) >= 11 is 1.49. The lowest BCUT2D eigenvalue weighted by molar-refractivity contribution is -0.141. The summed E-state index contributed by atoms with van der Waals surface area (Å²) in [4.78, 5) is 73.7. The minimum absolute atomic E-state index is 0.0200. The first-order valence-corrected chi connectivity index (χ1v) is 26.4. The van der Waals surface area contributed by atoms with Gasteiger partial charge in [-0.05, 0) is 102 Å². The standard InChI is InChI=1S/C48H64N8O8S2/c1-29(2)38-28-65-44(50-38)37-25-41(35-16-17-40(63-4)30(3)42(35)49-37)64-33-24-39-43(57)52-48(46(59)53-66(61,62)34-14-15-34)26-31(48)12-8-6-5-7-9-13-36(45(58)56(39)27-33)51-47(60)55-22-18-32(19-23-55)54-20-10-11-21-54/h8,12,16-17,25,28-29,31-34,36,39H,5-7,9-11,13-15,18-24,26-27H2,1-4H3,(H,51,60)(H,52,57)(H,53,59)/b12-8-/t31-,33-,36+,39+,48-/m1/s1. The maximum absolute atomic E-state index is 15.1. The topological polar surface area (TPSA) is 192 Å². The van der Waals surface area contributed by atoms with Crippen molar-refractivity contribution in [1.82, 2.24) is 40.0 Å². The van der Waals surface area contributed by atoms with Crippen molar-refractivity contribution < 1.29 is 37.1 Å². The van der Waals surface area contributed by atoms with Crippen LogP contribution < -0.4 is 24.8 Å². The minimum atomic E-state index is -3.91. The van der Waals surface area contributed by atoms with Crippen molar-refractivity contribution in [2.24, 2.45) is 5.92 Å². The summed E-state index contributed by atoms with van der Waals surface area (Å²) in [6.45, 7) is 9.52. The van der Waals surface area contributed by atoms with Crippen LogP contribution in [0, 0.1) is 12.8 Å². The van der Waals surface area contributed by atoms with E-state index in [2.05, 4.69) is 34.1 Å². The van der Waals surface area contributed by atoms with Crippen molar-refractivity contribution in [3.63, 3.8) is 0 Å². The van der Waals surface area contributed by atoms with Crippen LogP contribution in [-0.2, 0) is 24.4 Å². The lowest BCUT2D eigenvalue weighted by Gasteiger charge is -2.37. The number of allylic oxidation sites excluding steroid dienone is 1. The molecule has 2 saturated carbocycles. The number of nitrogens with zero attached hydrogens (tertiary/aromatic N) is 5. The Morgan fingerprint density at radius 1 is 0.970 bits per heavy atom. The summed E-state index contributed by atoms with van der Waals surface area (Å²) in [6.07, 6.45) is 12.0. The molecule has 6 aliphatic rings. The third kappa shape index (κ3) is 9.64. The van der Waals surface area contributed by atoms with Gasteiger partial charge < -0.3 is 34.8 Å². The molecule has 356 valence electrons. The number of aryl methyl sites for hydroxylation is 1. The number of ether oxygens (including phenoxy) is 2. The maximum atomic E-state index is 15.1. The van der Waals surface area contributed by atoms with Gasteiger partial charge in [0.2, 0.25) is 21.8 Å². The van der Waals surface area contributed by atoms with Crippen LogP contribution in [0.2, 0.25) is 0 Å². The van der Waals surface area contributed by atoms with Gasteiger partial charge in [-0.2, -0.15) is 0 Å². The van der Waals surface area contributed by atoms with Gasteiger partial charge in [-0.25, -0.2) is 23.2 Å². The molecular weight excluding hydrogens is 881 g/mol. The molecule has 3 aromatic rings. The maximum Gasteiger partial charge on any atom is 0.318 e. The van der Waals surface area contributed by atoms with E-state index in [1.54, 1.807) is 12.0 Å². The number of methoxy groups -OCH3 is 1. The Morgan fingerprint density at radius 3 is 2.45 bits per heavy atom. The number of benzene rings is 1. The number of fused-ring (bicyclic) bond motifs is 3. The number of likely N-dealkylation sites (tertiary alicyclic amines) is 2. The largest absolute Gasteiger partial charge is 0.496 e. The second-order valence-electron chi connectivity index (χ2n) is 19.5. The summed E-state index contributed by atoms with van der Waals surface area (Å²) in [5.74, 6) is -0.804. The highest BCUT2D eigenvalue weighted by molar-refractivity contribution is 7.91. The van der Waals surface area contributed by atoms with E-state index in [-0.39, 0.29) is 31.3 Å². The number of hydrogen-bond donors (Lipinski definition) is 3. The zero-order valence-electron chi connectivity index (χ0n) is 38.6. The van der Waals surface area contributed by atoms with Crippen LogP contribution in [0.1, 0.15) is 114 Å². The summed E-state index contributed by atoms with van der Waals surface area (Å²) in [5, 5.41) is 8.92. The highest BCUT2D eigenvalue weighted by Gasteiger charge is 2.62. The highest BCUT2D eigenvalue weighted by Crippen LogP contribution is 2.46. The average Bonchev–Trinajstić information content (AvgIpc) is 4.04. The van der Waals surface area contributed by atoms with E-state index in [0.29, 0.717) is 73.9 Å². The third-order valence-corrected chi connectivity index (χ3v) is 17.2. The number of carbonyl (C=O) groups is 4. The number of rotatable bonds is 10.